The molecule has 1 aromatic rings. The molecule has 0 aliphatic heterocycles. The van der Waals surface area contributed by atoms with Gasteiger partial charge in [-0.1, -0.05) is 0 Å². The maximum Gasteiger partial charge on any atom is 0.411 e. The zero-order chi connectivity index (χ0) is 14.3. The van der Waals surface area contributed by atoms with Gasteiger partial charge in [0.15, 0.2) is 0 Å². The minimum absolute atomic E-state index is 0.0553. The van der Waals surface area contributed by atoms with E-state index < -0.39 is 18.8 Å². The van der Waals surface area contributed by atoms with E-state index in [9.17, 15) is 18.0 Å². The van der Waals surface area contributed by atoms with Gasteiger partial charge in [0.05, 0.1) is 5.56 Å². The standard InChI is InChI=1S/C12H13F3O3S/c13-12(14,15)8-18-6-1-7-19-10-4-2-9(3-5-10)11(16)17/h2-5H,1,6-8H2,(H,16,17). The smallest absolute Gasteiger partial charge is 0.411 e. The van der Waals surface area contributed by atoms with Crippen molar-refractivity contribution in [1.82, 2.24) is 0 Å². The molecule has 19 heavy (non-hydrogen) atoms. The molecule has 0 spiro atoms. The summed E-state index contributed by atoms with van der Waals surface area (Å²) in [7, 11) is 0. The second-order valence-corrected chi connectivity index (χ2v) is 4.87. The molecule has 7 heteroatoms. The van der Waals surface area contributed by atoms with Gasteiger partial charge in [0.2, 0.25) is 0 Å². The Morgan fingerprint density at radius 1 is 1.26 bits per heavy atom. The number of rotatable bonds is 7. The molecule has 0 saturated carbocycles. The van der Waals surface area contributed by atoms with Crippen LogP contribution in [0, 0.1) is 0 Å². The van der Waals surface area contributed by atoms with E-state index in [0.29, 0.717) is 12.2 Å². The fourth-order valence-corrected chi connectivity index (χ4v) is 2.06. The maximum absolute atomic E-state index is 11.8. The number of carboxylic acids is 1. The lowest BCUT2D eigenvalue weighted by atomic mass is 10.2. The molecule has 0 fully saturated rings. The fourth-order valence-electron chi connectivity index (χ4n) is 1.23. The Bertz CT molecular complexity index is 404. The molecular weight excluding hydrogens is 281 g/mol. The summed E-state index contributed by atoms with van der Waals surface area (Å²) < 4.78 is 39.7. The summed E-state index contributed by atoms with van der Waals surface area (Å²) in [5, 5.41) is 8.70. The molecule has 0 saturated heterocycles. The zero-order valence-electron chi connectivity index (χ0n) is 9.94. The minimum Gasteiger partial charge on any atom is -0.478 e. The molecule has 0 aromatic heterocycles. The monoisotopic (exact) mass is 294 g/mol. The Morgan fingerprint density at radius 2 is 1.89 bits per heavy atom. The largest absolute Gasteiger partial charge is 0.478 e. The van der Waals surface area contributed by atoms with E-state index in [-0.39, 0.29) is 12.2 Å². The van der Waals surface area contributed by atoms with Gasteiger partial charge >= 0.3 is 12.1 Å². The molecule has 0 unspecified atom stereocenters. The molecule has 1 aromatic carbocycles. The van der Waals surface area contributed by atoms with Crippen molar-refractivity contribution >= 4 is 17.7 Å². The van der Waals surface area contributed by atoms with Gasteiger partial charge in [-0.25, -0.2) is 4.79 Å². The van der Waals surface area contributed by atoms with Crippen LogP contribution >= 0.6 is 11.8 Å². The van der Waals surface area contributed by atoms with E-state index in [4.69, 9.17) is 5.11 Å². The first-order valence-corrected chi connectivity index (χ1v) is 6.48. The summed E-state index contributed by atoms with van der Waals surface area (Å²) >= 11 is 1.44. The number of hydrogen-bond acceptors (Lipinski definition) is 3. The molecule has 106 valence electrons. The summed E-state index contributed by atoms with van der Waals surface area (Å²) in [5.41, 5.74) is 0.206. The van der Waals surface area contributed by atoms with E-state index >= 15 is 0 Å². The van der Waals surface area contributed by atoms with Crippen LogP contribution in [0.15, 0.2) is 29.2 Å². The predicted octanol–water partition coefficient (Wildman–Crippen LogP) is 3.45. The maximum atomic E-state index is 11.8. The lowest BCUT2D eigenvalue weighted by Crippen LogP contribution is -2.17. The van der Waals surface area contributed by atoms with Crippen LogP contribution in [0.1, 0.15) is 16.8 Å². The highest BCUT2D eigenvalue weighted by atomic mass is 32.2. The Hall–Kier alpha value is -1.21. The molecule has 0 aliphatic carbocycles. The third kappa shape index (κ3) is 7.07. The van der Waals surface area contributed by atoms with Crippen LogP contribution in [0.25, 0.3) is 0 Å². The molecule has 0 aliphatic rings. The van der Waals surface area contributed by atoms with Crippen molar-refractivity contribution in [3.63, 3.8) is 0 Å². The van der Waals surface area contributed by atoms with Crippen LogP contribution < -0.4 is 0 Å². The van der Waals surface area contributed by atoms with Gasteiger partial charge in [0.25, 0.3) is 0 Å². The average Bonchev–Trinajstić information content (AvgIpc) is 2.33. The highest BCUT2D eigenvalue weighted by molar-refractivity contribution is 7.99. The van der Waals surface area contributed by atoms with Crippen LogP contribution in [-0.4, -0.2) is 36.2 Å². The summed E-state index contributed by atoms with van der Waals surface area (Å²) in [6.45, 7) is -1.16. The van der Waals surface area contributed by atoms with E-state index in [2.05, 4.69) is 4.74 Å². The molecule has 0 heterocycles. The fraction of sp³-hybridized carbons (Fsp3) is 0.417. The topological polar surface area (TPSA) is 46.5 Å². The van der Waals surface area contributed by atoms with Gasteiger partial charge in [0, 0.05) is 17.3 Å². The molecule has 1 N–H and O–H groups in total. The Morgan fingerprint density at radius 3 is 2.42 bits per heavy atom. The molecule has 0 bridgehead atoms. The summed E-state index contributed by atoms with van der Waals surface area (Å²) in [4.78, 5) is 11.5. The molecular formula is C12H13F3O3S. The van der Waals surface area contributed by atoms with E-state index in [0.717, 1.165) is 4.90 Å². The molecule has 0 amide bonds. The predicted molar refractivity (Wildman–Crippen MR) is 65.6 cm³/mol. The molecule has 0 atom stereocenters. The van der Waals surface area contributed by atoms with Crippen LogP contribution in [-0.2, 0) is 4.74 Å². The van der Waals surface area contributed by atoms with Gasteiger partial charge in [-0.15, -0.1) is 11.8 Å². The number of thioether (sulfide) groups is 1. The van der Waals surface area contributed by atoms with Crippen molar-refractivity contribution in [3.8, 4) is 0 Å². The van der Waals surface area contributed by atoms with Gasteiger partial charge in [-0.2, -0.15) is 13.2 Å². The van der Waals surface area contributed by atoms with Crippen LogP contribution in [0.5, 0.6) is 0 Å². The third-order valence-electron chi connectivity index (χ3n) is 2.07. The van der Waals surface area contributed by atoms with Crippen molar-refractivity contribution in [3.05, 3.63) is 29.8 Å². The summed E-state index contributed by atoms with van der Waals surface area (Å²) in [6, 6.07) is 6.32. The molecule has 1 rings (SSSR count). The number of benzene rings is 1. The van der Waals surface area contributed by atoms with Gasteiger partial charge in [0.1, 0.15) is 6.61 Å². The summed E-state index contributed by atoms with van der Waals surface area (Å²) in [6.07, 6.45) is -3.78. The second-order valence-electron chi connectivity index (χ2n) is 3.70. The number of carboxylic acid groups (broad SMARTS) is 1. The highest BCUT2D eigenvalue weighted by Crippen LogP contribution is 2.19. The Kier molecular flexibility index (Phi) is 6.17. The number of halogens is 3. The lowest BCUT2D eigenvalue weighted by Gasteiger charge is -2.07. The first-order chi connectivity index (χ1) is 8.88. The quantitative estimate of drug-likeness (QED) is 0.618. The highest BCUT2D eigenvalue weighted by Gasteiger charge is 2.27. The average molecular weight is 294 g/mol. The number of alkyl halides is 3. The van der Waals surface area contributed by atoms with Crippen molar-refractivity contribution < 1.29 is 27.8 Å². The van der Waals surface area contributed by atoms with Crippen molar-refractivity contribution in [2.45, 2.75) is 17.5 Å². The van der Waals surface area contributed by atoms with E-state index in [1.807, 2.05) is 0 Å². The van der Waals surface area contributed by atoms with Crippen LogP contribution in [0.3, 0.4) is 0 Å². The van der Waals surface area contributed by atoms with E-state index in [1.54, 1.807) is 12.1 Å². The number of hydrogen-bond donors (Lipinski definition) is 1. The minimum atomic E-state index is -4.28. The number of aromatic carboxylic acids is 1. The Balaban J connectivity index is 2.17. The van der Waals surface area contributed by atoms with Crippen molar-refractivity contribution in [1.29, 1.82) is 0 Å². The van der Waals surface area contributed by atoms with Gasteiger partial charge < -0.3 is 9.84 Å². The number of ether oxygens (including phenoxy) is 1. The lowest BCUT2D eigenvalue weighted by molar-refractivity contribution is -0.173. The first kappa shape index (κ1) is 15.8. The Labute approximate surface area is 112 Å². The van der Waals surface area contributed by atoms with Crippen molar-refractivity contribution in [2.24, 2.45) is 0 Å². The van der Waals surface area contributed by atoms with E-state index in [1.165, 1.54) is 23.9 Å². The van der Waals surface area contributed by atoms with Crippen molar-refractivity contribution in [2.75, 3.05) is 19.0 Å². The van der Waals surface area contributed by atoms with Crippen LogP contribution in [0.2, 0.25) is 0 Å². The summed E-state index contributed by atoms with van der Waals surface area (Å²) in [5.74, 6) is -0.373. The second kappa shape index (κ2) is 7.40. The zero-order valence-corrected chi connectivity index (χ0v) is 10.8. The number of carbonyl (C=O) groups is 1. The first-order valence-electron chi connectivity index (χ1n) is 5.49. The van der Waals surface area contributed by atoms with Gasteiger partial charge in [-0.05, 0) is 30.7 Å². The van der Waals surface area contributed by atoms with Gasteiger partial charge in [-0.3, -0.25) is 0 Å². The molecule has 0 radical (unpaired) electrons. The third-order valence-corrected chi connectivity index (χ3v) is 3.17. The normalized spacial score (nSPS) is 11.5. The van der Waals surface area contributed by atoms with Crippen LogP contribution in [0.4, 0.5) is 13.2 Å². The molecule has 3 nitrogen and oxygen atoms in total. The SMILES string of the molecule is O=C(O)c1ccc(SCCCOCC(F)(F)F)cc1.